The van der Waals surface area contributed by atoms with E-state index in [4.69, 9.17) is 0 Å². The van der Waals surface area contributed by atoms with E-state index < -0.39 is 0 Å². The van der Waals surface area contributed by atoms with Crippen molar-refractivity contribution in [2.45, 2.75) is 25.9 Å². The molecule has 3 nitrogen and oxygen atoms in total. The minimum absolute atomic E-state index is 0.0441. The highest BCUT2D eigenvalue weighted by Crippen LogP contribution is 2.16. The van der Waals surface area contributed by atoms with Crippen LogP contribution in [0.25, 0.3) is 0 Å². The van der Waals surface area contributed by atoms with Crippen molar-refractivity contribution in [3.63, 3.8) is 0 Å². The maximum atomic E-state index is 12.8. The Kier molecular flexibility index (Phi) is 3.99. The zero-order valence-corrected chi connectivity index (χ0v) is 10.5. The topological polar surface area (TPSA) is 37.8 Å². The van der Waals surface area contributed by atoms with Crippen LogP contribution in [0.15, 0.2) is 42.7 Å². The van der Waals surface area contributed by atoms with Gasteiger partial charge in [0.25, 0.3) is 0 Å². The molecule has 4 heteroatoms. The van der Waals surface area contributed by atoms with E-state index in [1.54, 1.807) is 12.3 Å². The van der Waals surface area contributed by atoms with Gasteiger partial charge in [-0.3, -0.25) is 9.97 Å². The molecule has 2 aromatic heterocycles. The molecule has 2 atom stereocenters. The number of nitrogens with zero attached hydrogens (tertiary/aromatic N) is 2. The molecule has 0 spiro atoms. The van der Waals surface area contributed by atoms with Crippen molar-refractivity contribution in [2.75, 3.05) is 0 Å². The van der Waals surface area contributed by atoms with E-state index in [1.165, 1.54) is 12.3 Å². The van der Waals surface area contributed by atoms with E-state index in [-0.39, 0.29) is 17.9 Å². The second kappa shape index (κ2) is 5.69. The first kappa shape index (κ1) is 12.6. The Bertz CT molecular complexity index is 484. The first-order valence-electron chi connectivity index (χ1n) is 5.95. The third-order valence-electron chi connectivity index (χ3n) is 2.83. The smallest absolute Gasteiger partial charge is 0.141 e. The summed E-state index contributed by atoms with van der Waals surface area (Å²) in [6.07, 6.45) is 3.01. The quantitative estimate of drug-likeness (QED) is 0.899. The Morgan fingerprint density at radius 2 is 1.72 bits per heavy atom. The Hall–Kier alpha value is -1.81. The lowest BCUT2D eigenvalue weighted by molar-refractivity contribution is 0.477. The van der Waals surface area contributed by atoms with Gasteiger partial charge in [-0.1, -0.05) is 6.07 Å². The average Bonchev–Trinajstić information content (AvgIpc) is 2.40. The molecule has 0 fully saturated rings. The van der Waals surface area contributed by atoms with Gasteiger partial charge in [-0.15, -0.1) is 0 Å². The molecule has 0 radical (unpaired) electrons. The van der Waals surface area contributed by atoms with Crippen LogP contribution in [0.5, 0.6) is 0 Å². The predicted molar refractivity (Wildman–Crippen MR) is 68.4 cm³/mol. The SMILES string of the molecule is CC(N[C@@H](C)c1ccccn1)c1ccc(F)cn1. The summed E-state index contributed by atoms with van der Waals surface area (Å²) in [5.41, 5.74) is 1.80. The van der Waals surface area contributed by atoms with Gasteiger partial charge in [0.1, 0.15) is 5.82 Å². The summed E-state index contributed by atoms with van der Waals surface area (Å²) < 4.78 is 12.8. The van der Waals surface area contributed by atoms with Gasteiger partial charge in [-0.25, -0.2) is 4.39 Å². The zero-order chi connectivity index (χ0) is 13.0. The van der Waals surface area contributed by atoms with Gasteiger partial charge in [-0.05, 0) is 38.1 Å². The van der Waals surface area contributed by atoms with Crippen LogP contribution in [0.1, 0.15) is 37.3 Å². The van der Waals surface area contributed by atoms with Crippen LogP contribution in [0.2, 0.25) is 0 Å². The third-order valence-corrected chi connectivity index (χ3v) is 2.83. The van der Waals surface area contributed by atoms with E-state index in [0.29, 0.717) is 0 Å². The molecule has 2 heterocycles. The van der Waals surface area contributed by atoms with Gasteiger partial charge < -0.3 is 5.32 Å². The minimum Gasteiger partial charge on any atom is -0.301 e. The summed E-state index contributed by atoms with van der Waals surface area (Å²) in [6, 6.07) is 9.10. The fourth-order valence-corrected chi connectivity index (χ4v) is 1.82. The highest BCUT2D eigenvalue weighted by Gasteiger charge is 2.12. The summed E-state index contributed by atoms with van der Waals surface area (Å²) in [4.78, 5) is 8.36. The number of hydrogen-bond acceptors (Lipinski definition) is 3. The molecular formula is C14H16FN3. The van der Waals surface area contributed by atoms with Crippen LogP contribution in [0.3, 0.4) is 0 Å². The molecule has 0 aliphatic heterocycles. The van der Waals surface area contributed by atoms with E-state index in [9.17, 15) is 4.39 Å². The number of nitrogens with one attached hydrogen (secondary N) is 1. The largest absolute Gasteiger partial charge is 0.301 e. The van der Waals surface area contributed by atoms with Gasteiger partial charge in [0.15, 0.2) is 0 Å². The van der Waals surface area contributed by atoms with Gasteiger partial charge in [0, 0.05) is 18.3 Å². The van der Waals surface area contributed by atoms with Crippen molar-refractivity contribution in [2.24, 2.45) is 0 Å². The van der Waals surface area contributed by atoms with Crippen LogP contribution >= 0.6 is 0 Å². The monoisotopic (exact) mass is 245 g/mol. The Labute approximate surface area is 106 Å². The Morgan fingerprint density at radius 1 is 1.00 bits per heavy atom. The van der Waals surface area contributed by atoms with Crippen molar-refractivity contribution >= 4 is 0 Å². The van der Waals surface area contributed by atoms with Crippen LogP contribution in [-0.2, 0) is 0 Å². The van der Waals surface area contributed by atoms with Gasteiger partial charge in [0.05, 0.1) is 17.6 Å². The highest BCUT2D eigenvalue weighted by molar-refractivity contribution is 5.12. The fraction of sp³-hybridized carbons (Fsp3) is 0.286. The average molecular weight is 245 g/mol. The summed E-state index contributed by atoms with van der Waals surface area (Å²) in [7, 11) is 0. The molecule has 0 aliphatic rings. The Morgan fingerprint density at radius 3 is 2.28 bits per heavy atom. The minimum atomic E-state index is -0.316. The van der Waals surface area contributed by atoms with Crippen molar-refractivity contribution in [3.05, 3.63) is 59.9 Å². The number of pyridine rings is 2. The molecule has 0 aromatic carbocycles. The maximum Gasteiger partial charge on any atom is 0.141 e. The van der Waals surface area contributed by atoms with E-state index in [0.717, 1.165) is 11.4 Å². The van der Waals surface area contributed by atoms with Crippen molar-refractivity contribution in [1.82, 2.24) is 15.3 Å². The molecule has 0 saturated carbocycles. The summed E-state index contributed by atoms with van der Waals surface area (Å²) >= 11 is 0. The predicted octanol–water partition coefficient (Wildman–Crippen LogP) is 3.03. The van der Waals surface area contributed by atoms with Crippen LogP contribution < -0.4 is 5.32 Å². The number of halogens is 1. The number of hydrogen-bond donors (Lipinski definition) is 1. The molecule has 2 aromatic rings. The van der Waals surface area contributed by atoms with E-state index in [1.807, 2.05) is 32.0 Å². The highest BCUT2D eigenvalue weighted by atomic mass is 19.1. The molecule has 0 amide bonds. The van der Waals surface area contributed by atoms with Gasteiger partial charge >= 0.3 is 0 Å². The fourth-order valence-electron chi connectivity index (χ4n) is 1.82. The molecule has 1 N–H and O–H groups in total. The van der Waals surface area contributed by atoms with Crippen LogP contribution in [-0.4, -0.2) is 9.97 Å². The normalized spacial score (nSPS) is 14.2. The lowest BCUT2D eigenvalue weighted by Crippen LogP contribution is -2.23. The molecule has 0 aliphatic carbocycles. The summed E-state index contributed by atoms with van der Waals surface area (Å²) in [5, 5.41) is 3.38. The molecule has 0 saturated heterocycles. The molecule has 18 heavy (non-hydrogen) atoms. The van der Waals surface area contributed by atoms with E-state index in [2.05, 4.69) is 15.3 Å². The lowest BCUT2D eigenvalue weighted by Gasteiger charge is -2.19. The second-order valence-corrected chi connectivity index (χ2v) is 4.27. The molecule has 2 rings (SSSR count). The van der Waals surface area contributed by atoms with Gasteiger partial charge in [-0.2, -0.15) is 0 Å². The standard InChI is InChI=1S/C14H16FN3/c1-10(13-5-3-4-8-16-13)18-11(2)14-7-6-12(15)9-17-14/h3-11,18H,1-2H3/t10-,11?/m0/s1. The van der Waals surface area contributed by atoms with Crippen molar-refractivity contribution in [3.8, 4) is 0 Å². The summed E-state index contributed by atoms with van der Waals surface area (Å²) in [6.45, 7) is 4.04. The number of aromatic nitrogens is 2. The lowest BCUT2D eigenvalue weighted by atomic mass is 10.1. The molecular weight excluding hydrogens is 229 g/mol. The molecule has 1 unspecified atom stereocenters. The van der Waals surface area contributed by atoms with Gasteiger partial charge in [0.2, 0.25) is 0 Å². The zero-order valence-electron chi connectivity index (χ0n) is 10.5. The van der Waals surface area contributed by atoms with E-state index >= 15 is 0 Å². The molecule has 94 valence electrons. The third kappa shape index (κ3) is 3.11. The van der Waals surface area contributed by atoms with Crippen molar-refractivity contribution in [1.29, 1.82) is 0 Å². The summed E-state index contributed by atoms with van der Waals surface area (Å²) in [5.74, 6) is -0.316. The Balaban J connectivity index is 2.03. The number of rotatable bonds is 4. The maximum absolute atomic E-state index is 12.8. The molecule has 0 bridgehead atoms. The first-order chi connectivity index (χ1) is 8.66. The second-order valence-electron chi connectivity index (χ2n) is 4.27. The van der Waals surface area contributed by atoms with Crippen LogP contribution in [0.4, 0.5) is 4.39 Å². The van der Waals surface area contributed by atoms with Crippen LogP contribution in [0, 0.1) is 5.82 Å². The van der Waals surface area contributed by atoms with Crippen molar-refractivity contribution < 1.29 is 4.39 Å². The first-order valence-corrected chi connectivity index (χ1v) is 5.95.